The van der Waals surface area contributed by atoms with E-state index in [1.54, 1.807) is 13.8 Å². The van der Waals surface area contributed by atoms with E-state index in [2.05, 4.69) is 0 Å². The van der Waals surface area contributed by atoms with E-state index >= 15 is 0 Å². The minimum absolute atomic E-state index is 0.167. The first-order chi connectivity index (χ1) is 9.47. The molecule has 2 atom stereocenters. The molecule has 0 bridgehead atoms. The Balaban J connectivity index is 2.69. The highest BCUT2D eigenvalue weighted by Gasteiger charge is 2.28. The van der Waals surface area contributed by atoms with Crippen LogP contribution in [0.25, 0.3) is 0 Å². The predicted molar refractivity (Wildman–Crippen MR) is 74.4 cm³/mol. The van der Waals surface area contributed by atoms with Crippen molar-refractivity contribution in [3.05, 3.63) is 35.9 Å². The van der Waals surface area contributed by atoms with E-state index in [1.165, 1.54) is 14.0 Å². The fourth-order valence-corrected chi connectivity index (χ4v) is 1.61. The second-order valence-electron chi connectivity index (χ2n) is 4.64. The molecule has 0 heterocycles. The van der Waals surface area contributed by atoms with Crippen molar-refractivity contribution in [1.29, 1.82) is 0 Å². The zero-order valence-corrected chi connectivity index (χ0v) is 12.3. The monoisotopic (exact) mass is 279 g/mol. The van der Waals surface area contributed by atoms with Gasteiger partial charge in [0.1, 0.15) is 6.61 Å². The van der Waals surface area contributed by atoms with Gasteiger partial charge in [0.25, 0.3) is 5.91 Å². The molecule has 1 rings (SSSR count). The van der Waals surface area contributed by atoms with Crippen LogP contribution < -0.4 is 0 Å². The van der Waals surface area contributed by atoms with E-state index < -0.39 is 17.7 Å². The first kappa shape index (κ1) is 16.3. The molecule has 0 aliphatic rings. The number of ether oxygens (including phenoxy) is 1. The average molecular weight is 279 g/mol. The van der Waals surface area contributed by atoms with Crippen molar-refractivity contribution < 1.29 is 19.2 Å². The van der Waals surface area contributed by atoms with E-state index in [-0.39, 0.29) is 12.7 Å². The Kier molecular flexibility index (Phi) is 6.35. The summed E-state index contributed by atoms with van der Waals surface area (Å²) >= 11 is 0. The molecule has 0 aromatic heterocycles. The number of amides is 2. The molecule has 5 heteroatoms. The summed E-state index contributed by atoms with van der Waals surface area (Å²) in [7, 11) is 1.53. The van der Waals surface area contributed by atoms with Crippen molar-refractivity contribution in [2.45, 2.75) is 33.5 Å². The highest BCUT2D eigenvalue weighted by molar-refractivity contribution is 5.94. The van der Waals surface area contributed by atoms with E-state index in [4.69, 9.17) is 9.57 Å². The molecule has 0 saturated carbocycles. The standard InChI is InChI=1S/C15H21NO4/c1-11(12(2)19-4)15(18)16(13(3)17)20-10-14-8-6-5-7-9-14/h5-9,11-12H,10H2,1-4H3. The molecule has 2 amide bonds. The number of imide groups is 1. The van der Waals surface area contributed by atoms with Crippen molar-refractivity contribution in [3.8, 4) is 0 Å². The average Bonchev–Trinajstić information content (AvgIpc) is 2.46. The van der Waals surface area contributed by atoms with Gasteiger partial charge < -0.3 is 4.74 Å². The summed E-state index contributed by atoms with van der Waals surface area (Å²) in [6.45, 7) is 4.95. The number of rotatable bonds is 6. The van der Waals surface area contributed by atoms with Gasteiger partial charge in [-0.3, -0.25) is 14.4 Å². The minimum atomic E-state index is -0.459. The molecule has 1 aromatic rings. The smallest absolute Gasteiger partial charge is 0.258 e. The van der Waals surface area contributed by atoms with Crippen LogP contribution in [0.15, 0.2) is 30.3 Å². The van der Waals surface area contributed by atoms with Gasteiger partial charge in [-0.05, 0) is 12.5 Å². The van der Waals surface area contributed by atoms with E-state index in [1.807, 2.05) is 30.3 Å². The summed E-state index contributed by atoms with van der Waals surface area (Å²) < 4.78 is 5.11. The molecular weight excluding hydrogens is 258 g/mol. The largest absolute Gasteiger partial charge is 0.381 e. The Morgan fingerprint density at radius 3 is 2.30 bits per heavy atom. The van der Waals surface area contributed by atoms with Crippen LogP contribution in [0.5, 0.6) is 0 Å². The molecule has 0 fully saturated rings. The zero-order chi connectivity index (χ0) is 15.1. The molecule has 1 aromatic carbocycles. The number of carbonyl (C=O) groups is 2. The van der Waals surface area contributed by atoms with E-state index in [9.17, 15) is 9.59 Å². The molecule has 2 unspecified atom stereocenters. The molecule has 5 nitrogen and oxygen atoms in total. The topological polar surface area (TPSA) is 55.8 Å². The van der Waals surface area contributed by atoms with Gasteiger partial charge in [-0.1, -0.05) is 37.3 Å². The van der Waals surface area contributed by atoms with Gasteiger partial charge in [0.05, 0.1) is 12.0 Å². The van der Waals surface area contributed by atoms with E-state index in [0.29, 0.717) is 0 Å². The Bertz CT molecular complexity index is 446. The third-order valence-corrected chi connectivity index (χ3v) is 3.15. The Morgan fingerprint density at radius 2 is 1.80 bits per heavy atom. The normalized spacial score (nSPS) is 13.6. The van der Waals surface area contributed by atoms with Crippen LogP contribution >= 0.6 is 0 Å². The molecule has 0 radical (unpaired) electrons. The summed E-state index contributed by atoms with van der Waals surface area (Å²) in [6, 6.07) is 9.36. The van der Waals surface area contributed by atoms with Gasteiger partial charge in [-0.15, -0.1) is 0 Å². The SMILES string of the molecule is COC(C)C(C)C(=O)N(OCc1ccccc1)C(C)=O. The fraction of sp³-hybridized carbons (Fsp3) is 0.467. The number of hydrogen-bond donors (Lipinski definition) is 0. The fourth-order valence-electron chi connectivity index (χ4n) is 1.61. The Labute approximate surface area is 119 Å². The Morgan fingerprint density at radius 1 is 1.20 bits per heavy atom. The summed E-state index contributed by atoms with van der Waals surface area (Å²) in [4.78, 5) is 29.1. The van der Waals surface area contributed by atoms with Crippen molar-refractivity contribution in [3.63, 3.8) is 0 Å². The van der Waals surface area contributed by atoms with Gasteiger partial charge in [0.2, 0.25) is 5.91 Å². The summed E-state index contributed by atoms with van der Waals surface area (Å²) in [5.41, 5.74) is 0.888. The highest BCUT2D eigenvalue weighted by Crippen LogP contribution is 2.12. The third kappa shape index (κ3) is 4.43. The quantitative estimate of drug-likeness (QED) is 0.749. The lowest BCUT2D eigenvalue weighted by atomic mass is 10.1. The van der Waals surface area contributed by atoms with Crippen molar-refractivity contribution in [2.24, 2.45) is 5.92 Å². The molecule has 20 heavy (non-hydrogen) atoms. The molecule has 0 aliphatic carbocycles. The van der Waals surface area contributed by atoms with Crippen molar-refractivity contribution >= 4 is 11.8 Å². The van der Waals surface area contributed by atoms with Crippen molar-refractivity contribution in [1.82, 2.24) is 5.06 Å². The van der Waals surface area contributed by atoms with Crippen LogP contribution in [-0.4, -0.2) is 30.1 Å². The van der Waals surface area contributed by atoms with Crippen LogP contribution in [0.4, 0.5) is 0 Å². The van der Waals surface area contributed by atoms with Gasteiger partial charge in [0, 0.05) is 14.0 Å². The molecular formula is C15H21NO4. The second kappa shape index (κ2) is 7.77. The third-order valence-electron chi connectivity index (χ3n) is 3.15. The highest BCUT2D eigenvalue weighted by atomic mass is 16.7. The lowest BCUT2D eigenvalue weighted by Crippen LogP contribution is -2.42. The lowest BCUT2D eigenvalue weighted by molar-refractivity contribution is -0.202. The van der Waals surface area contributed by atoms with Gasteiger partial charge >= 0.3 is 0 Å². The number of hydroxylamine groups is 2. The maximum Gasteiger partial charge on any atom is 0.258 e. The van der Waals surface area contributed by atoms with Crippen LogP contribution in [-0.2, 0) is 25.8 Å². The van der Waals surface area contributed by atoms with Gasteiger partial charge in [0.15, 0.2) is 0 Å². The molecule has 0 spiro atoms. The number of methoxy groups -OCH3 is 1. The molecule has 110 valence electrons. The first-order valence-electron chi connectivity index (χ1n) is 6.51. The molecule has 0 aliphatic heterocycles. The summed E-state index contributed by atoms with van der Waals surface area (Å²) in [5, 5.41) is 0.813. The second-order valence-corrected chi connectivity index (χ2v) is 4.64. The first-order valence-corrected chi connectivity index (χ1v) is 6.51. The number of benzene rings is 1. The van der Waals surface area contributed by atoms with Crippen LogP contribution in [0.2, 0.25) is 0 Å². The summed E-state index contributed by atoms with van der Waals surface area (Å²) in [6.07, 6.45) is -0.287. The van der Waals surface area contributed by atoms with Gasteiger partial charge in [-0.25, -0.2) is 0 Å². The minimum Gasteiger partial charge on any atom is -0.381 e. The molecule has 0 saturated heterocycles. The van der Waals surface area contributed by atoms with Crippen LogP contribution in [0.3, 0.4) is 0 Å². The number of hydrogen-bond acceptors (Lipinski definition) is 4. The number of carbonyl (C=O) groups excluding carboxylic acids is 2. The lowest BCUT2D eigenvalue weighted by Gasteiger charge is -2.24. The van der Waals surface area contributed by atoms with Gasteiger partial charge in [-0.2, -0.15) is 5.06 Å². The number of nitrogens with zero attached hydrogens (tertiary/aromatic N) is 1. The zero-order valence-electron chi connectivity index (χ0n) is 12.3. The maximum absolute atomic E-state index is 12.2. The van der Waals surface area contributed by atoms with Crippen molar-refractivity contribution in [2.75, 3.05) is 7.11 Å². The maximum atomic E-state index is 12.2. The summed E-state index contributed by atoms with van der Waals surface area (Å²) in [5.74, 6) is -1.30. The predicted octanol–water partition coefficient (Wildman–Crippen LogP) is 2.16. The Hall–Kier alpha value is -1.72. The van der Waals surface area contributed by atoms with Crippen LogP contribution in [0.1, 0.15) is 26.3 Å². The van der Waals surface area contributed by atoms with E-state index in [0.717, 1.165) is 10.6 Å². The van der Waals surface area contributed by atoms with Crippen LogP contribution in [0, 0.1) is 5.92 Å². The molecule has 0 N–H and O–H groups in total.